The van der Waals surface area contributed by atoms with Crippen LogP contribution in [0.5, 0.6) is 0 Å². The number of thiazole rings is 1. The third kappa shape index (κ3) is 1.47. The Morgan fingerprint density at radius 1 is 1.56 bits per heavy atom. The molecule has 0 aliphatic heterocycles. The van der Waals surface area contributed by atoms with Crippen LogP contribution < -0.4 is 0 Å². The van der Waals surface area contributed by atoms with Gasteiger partial charge in [-0.15, -0.1) is 11.3 Å². The van der Waals surface area contributed by atoms with Gasteiger partial charge in [0, 0.05) is 7.05 Å². The van der Waals surface area contributed by atoms with E-state index in [0.717, 1.165) is 40.5 Å². The number of aliphatic hydroxyl groups excluding tert-OH is 1. The van der Waals surface area contributed by atoms with Crippen molar-refractivity contribution in [3.05, 3.63) is 23.1 Å². The molecule has 1 unspecified atom stereocenters. The third-order valence-corrected chi connectivity index (χ3v) is 4.18. The van der Waals surface area contributed by atoms with Crippen LogP contribution in [0, 0.1) is 0 Å². The van der Waals surface area contributed by atoms with Gasteiger partial charge in [-0.3, -0.25) is 0 Å². The topological polar surface area (TPSA) is 50.9 Å². The van der Waals surface area contributed by atoms with Crippen molar-refractivity contribution in [2.75, 3.05) is 0 Å². The van der Waals surface area contributed by atoms with Crippen LogP contribution in [0.4, 0.5) is 0 Å². The molecule has 2 heterocycles. The van der Waals surface area contributed by atoms with Gasteiger partial charge in [-0.2, -0.15) is 0 Å². The Kier molecular flexibility index (Phi) is 2.29. The highest BCUT2D eigenvalue weighted by molar-refractivity contribution is 7.15. The predicted octanol–water partition coefficient (Wildman–Crippen LogP) is 1.91. The summed E-state index contributed by atoms with van der Waals surface area (Å²) in [6.07, 6.45) is 6.15. The molecule has 5 heteroatoms. The maximum absolute atomic E-state index is 9.89. The highest BCUT2D eigenvalue weighted by atomic mass is 32.1. The van der Waals surface area contributed by atoms with Crippen LogP contribution in [-0.4, -0.2) is 19.6 Å². The second kappa shape index (κ2) is 3.68. The molecule has 4 nitrogen and oxygen atoms in total. The summed E-state index contributed by atoms with van der Waals surface area (Å²) in [6.45, 7) is 0. The fourth-order valence-electron chi connectivity index (χ4n) is 2.07. The molecule has 0 bridgehead atoms. The van der Waals surface area contributed by atoms with Crippen LogP contribution in [-0.2, 0) is 13.5 Å². The number of hydrogen-bond acceptors (Lipinski definition) is 4. The molecule has 3 rings (SSSR count). The average molecular weight is 235 g/mol. The molecule has 1 aliphatic carbocycles. The van der Waals surface area contributed by atoms with E-state index in [1.54, 1.807) is 17.7 Å². The van der Waals surface area contributed by atoms with Crippen LogP contribution in [0.3, 0.4) is 0 Å². The maximum atomic E-state index is 9.89. The zero-order valence-corrected chi connectivity index (χ0v) is 9.87. The van der Waals surface area contributed by atoms with Gasteiger partial charge in [0.05, 0.1) is 34.9 Å². The highest BCUT2D eigenvalue weighted by Crippen LogP contribution is 2.37. The zero-order valence-electron chi connectivity index (χ0n) is 9.05. The molecule has 0 aromatic carbocycles. The quantitative estimate of drug-likeness (QED) is 0.821. The summed E-state index contributed by atoms with van der Waals surface area (Å²) in [4.78, 5) is 9.74. The van der Waals surface area contributed by atoms with Crippen LogP contribution in [0.2, 0.25) is 0 Å². The van der Waals surface area contributed by atoms with E-state index in [0.29, 0.717) is 0 Å². The lowest BCUT2D eigenvalue weighted by atomic mass is 10.0. The maximum Gasteiger partial charge on any atom is 0.142 e. The minimum Gasteiger partial charge on any atom is -0.388 e. The first-order valence-electron chi connectivity index (χ1n) is 5.40. The molecule has 84 valence electrons. The Hall–Kier alpha value is -1.20. The summed E-state index contributed by atoms with van der Waals surface area (Å²) >= 11 is 1.59. The van der Waals surface area contributed by atoms with Gasteiger partial charge in [-0.25, -0.2) is 9.97 Å². The molecule has 0 fully saturated rings. The van der Waals surface area contributed by atoms with E-state index >= 15 is 0 Å². The molecule has 0 radical (unpaired) electrons. The fraction of sp³-hybridized carbons (Fsp3) is 0.455. The van der Waals surface area contributed by atoms with Crippen molar-refractivity contribution in [3.63, 3.8) is 0 Å². The van der Waals surface area contributed by atoms with Crippen LogP contribution >= 0.6 is 11.3 Å². The number of imidazole rings is 1. The van der Waals surface area contributed by atoms with Gasteiger partial charge < -0.3 is 9.67 Å². The van der Waals surface area contributed by atoms with E-state index in [1.807, 2.05) is 17.8 Å². The first kappa shape index (κ1) is 9.99. The van der Waals surface area contributed by atoms with Crippen molar-refractivity contribution in [2.24, 2.45) is 7.05 Å². The van der Waals surface area contributed by atoms with Crippen LogP contribution in [0.15, 0.2) is 12.5 Å². The third-order valence-electron chi connectivity index (χ3n) is 2.96. The molecule has 1 N–H and O–H groups in total. The smallest absolute Gasteiger partial charge is 0.142 e. The van der Waals surface area contributed by atoms with Gasteiger partial charge in [0.15, 0.2) is 0 Å². The van der Waals surface area contributed by atoms with Crippen LogP contribution in [0.1, 0.15) is 29.5 Å². The number of fused-ring (bicyclic) bond motifs is 1. The van der Waals surface area contributed by atoms with Gasteiger partial charge in [-0.1, -0.05) is 0 Å². The summed E-state index contributed by atoms with van der Waals surface area (Å²) in [5.74, 6) is 0. The van der Waals surface area contributed by atoms with E-state index in [1.165, 1.54) is 0 Å². The standard InChI is InChI=1S/C11H13N3OS/c1-14-6-12-5-8(14)11-13-7-3-2-4-9(15)10(7)16-11/h5-6,9,15H,2-4H2,1H3. The fourth-order valence-corrected chi connectivity index (χ4v) is 3.25. The molecule has 0 saturated carbocycles. The summed E-state index contributed by atoms with van der Waals surface area (Å²) in [7, 11) is 1.96. The molecule has 2 aromatic heterocycles. The zero-order chi connectivity index (χ0) is 11.1. The van der Waals surface area contributed by atoms with E-state index in [4.69, 9.17) is 0 Å². The highest BCUT2D eigenvalue weighted by Gasteiger charge is 2.23. The summed E-state index contributed by atoms with van der Waals surface area (Å²) < 4.78 is 1.96. The van der Waals surface area contributed by atoms with Crippen molar-refractivity contribution < 1.29 is 5.11 Å². The minimum absolute atomic E-state index is 0.316. The molecule has 1 atom stereocenters. The number of aliphatic hydroxyl groups is 1. The molecule has 0 saturated heterocycles. The monoisotopic (exact) mass is 235 g/mol. The summed E-state index contributed by atoms with van der Waals surface area (Å²) in [6, 6.07) is 0. The van der Waals surface area contributed by atoms with Crippen molar-refractivity contribution in [3.8, 4) is 10.7 Å². The predicted molar refractivity (Wildman–Crippen MR) is 62.2 cm³/mol. The number of rotatable bonds is 1. The van der Waals surface area contributed by atoms with Gasteiger partial charge >= 0.3 is 0 Å². The van der Waals surface area contributed by atoms with Gasteiger partial charge in [0.1, 0.15) is 5.01 Å². The first-order valence-corrected chi connectivity index (χ1v) is 6.21. The molecular formula is C11H13N3OS. The van der Waals surface area contributed by atoms with Crippen LogP contribution in [0.25, 0.3) is 10.7 Å². The lowest BCUT2D eigenvalue weighted by Crippen LogP contribution is -2.06. The SMILES string of the molecule is Cn1cncc1-c1nc2c(s1)C(O)CCC2. The molecular weight excluding hydrogens is 222 g/mol. The van der Waals surface area contributed by atoms with E-state index < -0.39 is 0 Å². The second-order valence-electron chi connectivity index (χ2n) is 4.13. The normalized spacial score (nSPS) is 19.8. The second-order valence-corrected chi connectivity index (χ2v) is 5.16. The largest absolute Gasteiger partial charge is 0.388 e. The lowest BCUT2D eigenvalue weighted by molar-refractivity contribution is 0.160. The Bertz CT molecular complexity index is 517. The Morgan fingerprint density at radius 2 is 2.44 bits per heavy atom. The molecule has 2 aromatic rings. The number of hydrogen-bond donors (Lipinski definition) is 1. The molecule has 1 aliphatic rings. The lowest BCUT2D eigenvalue weighted by Gasteiger charge is -2.14. The first-order chi connectivity index (χ1) is 7.75. The molecule has 0 spiro atoms. The summed E-state index contributed by atoms with van der Waals surface area (Å²) in [5.41, 5.74) is 2.09. The Balaban J connectivity index is 2.08. The Morgan fingerprint density at radius 3 is 3.12 bits per heavy atom. The van der Waals surface area contributed by atoms with E-state index in [2.05, 4.69) is 9.97 Å². The summed E-state index contributed by atoms with van der Waals surface area (Å²) in [5, 5.41) is 10.9. The van der Waals surface area contributed by atoms with Crippen molar-refractivity contribution in [1.82, 2.24) is 14.5 Å². The Labute approximate surface area is 97.6 Å². The number of aromatic nitrogens is 3. The van der Waals surface area contributed by atoms with E-state index in [-0.39, 0.29) is 6.10 Å². The average Bonchev–Trinajstić information content (AvgIpc) is 2.84. The molecule has 0 amide bonds. The van der Waals surface area contributed by atoms with Crippen molar-refractivity contribution in [1.29, 1.82) is 0 Å². The number of aryl methyl sites for hydroxylation is 2. The van der Waals surface area contributed by atoms with Gasteiger partial charge in [0.2, 0.25) is 0 Å². The van der Waals surface area contributed by atoms with Crippen molar-refractivity contribution >= 4 is 11.3 Å². The molecule has 16 heavy (non-hydrogen) atoms. The minimum atomic E-state index is -0.316. The van der Waals surface area contributed by atoms with Crippen molar-refractivity contribution in [2.45, 2.75) is 25.4 Å². The van der Waals surface area contributed by atoms with Gasteiger partial charge in [0.25, 0.3) is 0 Å². The number of nitrogens with zero attached hydrogens (tertiary/aromatic N) is 3. The van der Waals surface area contributed by atoms with Gasteiger partial charge in [-0.05, 0) is 19.3 Å². The van der Waals surface area contributed by atoms with E-state index in [9.17, 15) is 5.11 Å².